The molecule has 0 bridgehead atoms. The number of hydrogen-bond donors (Lipinski definition) is 1. The number of benzene rings is 1. The van der Waals surface area contributed by atoms with Crippen LogP contribution < -0.4 is 5.32 Å². The first-order chi connectivity index (χ1) is 8.69. The van der Waals surface area contributed by atoms with Gasteiger partial charge >= 0.3 is 5.97 Å². The van der Waals surface area contributed by atoms with Gasteiger partial charge in [0.1, 0.15) is 5.82 Å². The topological polar surface area (TPSA) is 51.2 Å². The molecule has 0 saturated heterocycles. The van der Waals surface area contributed by atoms with Gasteiger partial charge in [0.05, 0.1) is 12.7 Å². The van der Waals surface area contributed by atoms with Crippen molar-refractivity contribution in [1.29, 1.82) is 0 Å². The van der Waals surface area contributed by atoms with E-state index in [0.717, 1.165) is 5.69 Å². The average Bonchev–Trinajstić information content (AvgIpc) is 2.41. The predicted octanol–water partition coefficient (Wildman–Crippen LogP) is 3.27. The summed E-state index contributed by atoms with van der Waals surface area (Å²) in [5.41, 5.74) is 1.29. The molecule has 1 aromatic heterocycles. The van der Waals surface area contributed by atoms with Crippen molar-refractivity contribution in [3.63, 3.8) is 0 Å². The van der Waals surface area contributed by atoms with Crippen LogP contribution in [0.15, 0.2) is 42.6 Å². The molecule has 2 aromatic rings. The number of nitrogens with zero attached hydrogens (tertiary/aromatic N) is 1. The van der Waals surface area contributed by atoms with Gasteiger partial charge in [0.2, 0.25) is 0 Å². The van der Waals surface area contributed by atoms with Crippen molar-refractivity contribution in [3.8, 4) is 0 Å². The number of esters is 1. The van der Waals surface area contributed by atoms with Gasteiger partial charge in [0.15, 0.2) is 0 Å². The van der Waals surface area contributed by atoms with E-state index in [1.807, 2.05) is 12.1 Å². The van der Waals surface area contributed by atoms with Gasteiger partial charge in [0, 0.05) is 16.9 Å². The second kappa shape index (κ2) is 5.51. The van der Waals surface area contributed by atoms with Gasteiger partial charge in [-0.25, -0.2) is 9.78 Å². The molecule has 0 atom stereocenters. The zero-order chi connectivity index (χ0) is 13.0. The van der Waals surface area contributed by atoms with E-state index < -0.39 is 5.97 Å². The fourth-order valence-electron chi connectivity index (χ4n) is 1.42. The summed E-state index contributed by atoms with van der Waals surface area (Å²) < 4.78 is 4.65. The van der Waals surface area contributed by atoms with Crippen molar-refractivity contribution in [2.24, 2.45) is 0 Å². The van der Waals surface area contributed by atoms with E-state index in [4.69, 9.17) is 11.6 Å². The van der Waals surface area contributed by atoms with Crippen LogP contribution in [0.1, 0.15) is 10.4 Å². The van der Waals surface area contributed by atoms with E-state index in [-0.39, 0.29) is 0 Å². The van der Waals surface area contributed by atoms with E-state index in [9.17, 15) is 4.79 Å². The number of rotatable bonds is 3. The van der Waals surface area contributed by atoms with Crippen LogP contribution in [0.5, 0.6) is 0 Å². The summed E-state index contributed by atoms with van der Waals surface area (Å²) in [7, 11) is 1.34. The number of pyridine rings is 1. The molecule has 0 aliphatic heterocycles. The molecule has 0 radical (unpaired) electrons. The van der Waals surface area contributed by atoms with E-state index in [2.05, 4.69) is 15.0 Å². The fourth-order valence-corrected chi connectivity index (χ4v) is 1.55. The van der Waals surface area contributed by atoms with Crippen LogP contribution in [-0.4, -0.2) is 18.1 Å². The Hall–Kier alpha value is -2.07. The Balaban J connectivity index is 2.19. The van der Waals surface area contributed by atoms with Gasteiger partial charge in [-0.15, -0.1) is 0 Å². The maximum Gasteiger partial charge on any atom is 0.338 e. The standard InChI is InChI=1S/C13H11ClN2O2/c1-18-13(17)9-6-7-15-12(8-9)16-11-4-2-10(14)3-5-11/h2-8H,1H3,(H,15,16). The number of aromatic nitrogens is 1. The Bertz CT molecular complexity index is 555. The Morgan fingerprint density at radius 1 is 1.28 bits per heavy atom. The monoisotopic (exact) mass is 262 g/mol. The first-order valence-electron chi connectivity index (χ1n) is 5.26. The van der Waals surface area contributed by atoms with Crippen molar-refractivity contribution >= 4 is 29.1 Å². The molecule has 18 heavy (non-hydrogen) atoms. The number of carbonyl (C=O) groups excluding carboxylic acids is 1. The van der Waals surface area contributed by atoms with Gasteiger partial charge in [-0.2, -0.15) is 0 Å². The maximum absolute atomic E-state index is 11.4. The van der Waals surface area contributed by atoms with Crippen molar-refractivity contribution in [2.45, 2.75) is 0 Å². The molecule has 0 unspecified atom stereocenters. The van der Waals surface area contributed by atoms with E-state index >= 15 is 0 Å². The van der Waals surface area contributed by atoms with Crippen molar-refractivity contribution < 1.29 is 9.53 Å². The van der Waals surface area contributed by atoms with Gasteiger partial charge in [-0.3, -0.25) is 0 Å². The van der Waals surface area contributed by atoms with Crippen LogP contribution in [0.25, 0.3) is 0 Å². The predicted molar refractivity (Wildman–Crippen MR) is 70.3 cm³/mol. The lowest BCUT2D eigenvalue weighted by atomic mass is 10.2. The smallest absolute Gasteiger partial charge is 0.338 e. The molecule has 1 heterocycles. The lowest BCUT2D eigenvalue weighted by molar-refractivity contribution is 0.0600. The van der Waals surface area contributed by atoms with Crippen LogP contribution in [0.4, 0.5) is 11.5 Å². The molecule has 0 aliphatic rings. The quantitative estimate of drug-likeness (QED) is 0.863. The first kappa shape index (κ1) is 12.4. The highest BCUT2D eigenvalue weighted by molar-refractivity contribution is 6.30. The molecule has 5 heteroatoms. The minimum Gasteiger partial charge on any atom is -0.465 e. The first-order valence-corrected chi connectivity index (χ1v) is 5.64. The molecule has 0 spiro atoms. The van der Waals surface area contributed by atoms with Gasteiger partial charge in [-0.1, -0.05) is 11.6 Å². The molecular formula is C13H11ClN2O2. The third-order valence-electron chi connectivity index (χ3n) is 2.30. The Labute approximate surface area is 110 Å². The number of hydrogen-bond acceptors (Lipinski definition) is 4. The molecule has 0 fully saturated rings. The van der Waals surface area contributed by atoms with Crippen LogP contribution in [0, 0.1) is 0 Å². The Kier molecular flexibility index (Phi) is 3.79. The molecule has 0 aliphatic carbocycles. The number of carbonyl (C=O) groups is 1. The van der Waals surface area contributed by atoms with Crippen LogP contribution in [0.3, 0.4) is 0 Å². The zero-order valence-electron chi connectivity index (χ0n) is 9.68. The number of ether oxygens (including phenoxy) is 1. The average molecular weight is 263 g/mol. The van der Waals surface area contributed by atoms with Gasteiger partial charge < -0.3 is 10.1 Å². The summed E-state index contributed by atoms with van der Waals surface area (Å²) >= 11 is 5.80. The van der Waals surface area contributed by atoms with Crippen LogP contribution in [0.2, 0.25) is 5.02 Å². The number of methoxy groups -OCH3 is 1. The number of nitrogens with one attached hydrogen (secondary N) is 1. The Morgan fingerprint density at radius 2 is 2.00 bits per heavy atom. The molecule has 1 N–H and O–H groups in total. The largest absolute Gasteiger partial charge is 0.465 e. The second-order valence-electron chi connectivity index (χ2n) is 3.55. The highest BCUT2D eigenvalue weighted by atomic mass is 35.5. The van der Waals surface area contributed by atoms with Crippen LogP contribution in [-0.2, 0) is 4.74 Å². The fraction of sp³-hybridized carbons (Fsp3) is 0.0769. The minimum atomic E-state index is -0.392. The summed E-state index contributed by atoms with van der Waals surface area (Å²) in [6.07, 6.45) is 1.55. The summed E-state index contributed by atoms with van der Waals surface area (Å²) in [6.45, 7) is 0. The number of anilines is 2. The molecule has 0 amide bonds. The zero-order valence-corrected chi connectivity index (χ0v) is 10.4. The third-order valence-corrected chi connectivity index (χ3v) is 2.55. The molecule has 92 valence electrons. The Morgan fingerprint density at radius 3 is 2.67 bits per heavy atom. The summed E-state index contributed by atoms with van der Waals surface area (Å²) in [6, 6.07) is 10.4. The minimum absolute atomic E-state index is 0.392. The SMILES string of the molecule is COC(=O)c1ccnc(Nc2ccc(Cl)cc2)c1. The second-order valence-corrected chi connectivity index (χ2v) is 3.99. The van der Waals surface area contributed by atoms with E-state index in [1.165, 1.54) is 7.11 Å². The normalized spacial score (nSPS) is 9.89. The van der Waals surface area contributed by atoms with E-state index in [0.29, 0.717) is 16.4 Å². The lowest BCUT2D eigenvalue weighted by Crippen LogP contribution is -2.02. The maximum atomic E-state index is 11.4. The highest BCUT2D eigenvalue weighted by Crippen LogP contribution is 2.18. The van der Waals surface area contributed by atoms with Crippen molar-refractivity contribution in [1.82, 2.24) is 4.98 Å². The van der Waals surface area contributed by atoms with Crippen molar-refractivity contribution in [3.05, 3.63) is 53.2 Å². The van der Waals surface area contributed by atoms with E-state index in [1.54, 1.807) is 30.5 Å². The third kappa shape index (κ3) is 2.99. The molecular weight excluding hydrogens is 252 g/mol. The summed E-state index contributed by atoms with van der Waals surface area (Å²) in [4.78, 5) is 15.5. The summed E-state index contributed by atoms with van der Waals surface area (Å²) in [5, 5.41) is 3.74. The highest BCUT2D eigenvalue weighted by Gasteiger charge is 2.06. The molecule has 0 saturated carbocycles. The summed E-state index contributed by atoms with van der Waals surface area (Å²) in [5.74, 6) is 0.178. The van der Waals surface area contributed by atoms with Gasteiger partial charge in [0.25, 0.3) is 0 Å². The lowest BCUT2D eigenvalue weighted by Gasteiger charge is -2.06. The molecule has 4 nitrogen and oxygen atoms in total. The number of halogens is 1. The molecule has 2 rings (SSSR count). The molecule has 1 aromatic carbocycles. The van der Waals surface area contributed by atoms with Crippen LogP contribution >= 0.6 is 11.6 Å². The van der Waals surface area contributed by atoms with Crippen molar-refractivity contribution in [2.75, 3.05) is 12.4 Å². The van der Waals surface area contributed by atoms with Gasteiger partial charge in [-0.05, 0) is 36.4 Å².